The number of carbonyl (C=O) groups is 1. The number of rotatable bonds is 5. The molecule has 1 aromatic rings. The molecule has 1 aromatic carbocycles. The third-order valence-electron chi connectivity index (χ3n) is 3.25. The zero-order valence-corrected chi connectivity index (χ0v) is 10.1. The van der Waals surface area contributed by atoms with Crippen LogP contribution < -0.4 is 5.32 Å². The van der Waals surface area contributed by atoms with Crippen molar-refractivity contribution in [1.29, 1.82) is 0 Å². The lowest BCUT2D eigenvalue weighted by Gasteiger charge is -2.10. The van der Waals surface area contributed by atoms with Crippen LogP contribution in [0.3, 0.4) is 0 Å². The molecule has 0 radical (unpaired) electrons. The summed E-state index contributed by atoms with van der Waals surface area (Å²) in [6, 6.07) is 6.61. The Bertz CT molecular complexity index is 447. The van der Waals surface area contributed by atoms with E-state index in [1.807, 2.05) is 0 Å². The van der Waals surface area contributed by atoms with Gasteiger partial charge in [-0.05, 0) is 36.6 Å². The fraction of sp³-hybridized carbons (Fsp3) is 0.357. The molecule has 0 unspecified atom stereocenters. The summed E-state index contributed by atoms with van der Waals surface area (Å²) < 4.78 is 0. The monoisotopic (exact) mass is 247 g/mol. The molecule has 0 bridgehead atoms. The number of hydrogen-bond acceptors (Lipinski definition) is 3. The number of amides is 1. The first-order chi connectivity index (χ1) is 8.63. The normalized spacial score (nSPS) is 16.7. The Morgan fingerprint density at radius 2 is 2.00 bits per heavy atom. The molecule has 0 aliphatic heterocycles. The minimum Gasteiger partial charge on any atom is -0.508 e. The Hall–Kier alpha value is -1.81. The highest BCUT2D eigenvalue weighted by Crippen LogP contribution is 2.44. The largest absolute Gasteiger partial charge is 0.508 e. The van der Waals surface area contributed by atoms with Gasteiger partial charge in [-0.1, -0.05) is 12.1 Å². The van der Waals surface area contributed by atoms with Crippen molar-refractivity contribution in [2.24, 2.45) is 5.41 Å². The third-order valence-corrected chi connectivity index (χ3v) is 3.25. The average Bonchev–Trinajstić information content (AvgIpc) is 3.16. The van der Waals surface area contributed by atoms with Gasteiger partial charge in [0.15, 0.2) is 0 Å². The summed E-state index contributed by atoms with van der Waals surface area (Å²) in [6.45, 7) is 0.664. The summed E-state index contributed by atoms with van der Waals surface area (Å²) in [7, 11) is 0. The van der Waals surface area contributed by atoms with Gasteiger partial charge in [0.05, 0.1) is 6.61 Å². The Morgan fingerprint density at radius 1 is 1.33 bits per heavy atom. The molecule has 96 valence electrons. The van der Waals surface area contributed by atoms with Gasteiger partial charge in [0.2, 0.25) is 5.91 Å². The standard InChI is InChI=1S/C14H17NO3/c16-10-14(7-8-14)9-15-13(18)6-3-11-1-4-12(17)5-2-11/h1-6,16-17H,7-10H2,(H,15,18)/b6-3+. The van der Waals surface area contributed by atoms with Gasteiger partial charge >= 0.3 is 0 Å². The molecule has 0 spiro atoms. The van der Waals surface area contributed by atoms with E-state index in [0.717, 1.165) is 18.4 Å². The lowest BCUT2D eigenvalue weighted by atomic mass is 10.1. The van der Waals surface area contributed by atoms with E-state index in [2.05, 4.69) is 5.32 Å². The highest BCUT2D eigenvalue weighted by molar-refractivity contribution is 5.91. The van der Waals surface area contributed by atoms with Gasteiger partial charge in [-0.2, -0.15) is 0 Å². The van der Waals surface area contributed by atoms with E-state index in [0.29, 0.717) is 6.54 Å². The summed E-state index contributed by atoms with van der Waals surface area (Å²) in [5, 5.41) is 21.0. The van der Waals surface area contributed by atoms with Gasteiger partial charge in [0.1, 0.15) is 5.75 Å². The third kappa shape index (κ3) is 3.34. The van der Waals surface area contributed by atoms with Crippen molar-refractivity contribution in [3.05, 3.63) is 35.9 Å². The lowest BCUT2D eigenvalue weighted by molar-refractivity contribution is -0.116. The SMILES string of the molecule is O=C(/C=C/c1ccc(O)cc1)NCC1(CO)CC1. The van der Waals surface area contributed by atoms with Crippen molar-refractivity contribution in [3.8, 4) is 5.75 Å². The first-order valence-electron chi connectivity index (χ1n) is 5.99. The van der Waals surface area contributed by atoms with Gasteiger partial charge in [0.25, 0.3) is 0 Å². The van der Waals surface area contributed by atoms with Crippen molar-refractivity contribution in [2.75, 3.05) is 13.2 Å². The van der Waals surface area contributed by atoms with E-state index in [-0.39, 0.29) is 23.7 Å². The minimum atomic E-state index is -0.164. The molecule has 0 aromatic heterocycles. The molecule has 0 saturated heterocycles. The van der Waals surface area contributed by atoms with Crippen LogP contribution >= 0.6 is 0 Å². The fourth-order valence-electron chi connectivity index (χ4n) is 1.66. The summed E-state index contributed by atoms with van der Waals surface area (Å²) in [6.07, 6.45) is 5.10. The molecular weight excluding hydrogens is 230 g/mol. The molecule has 0 heterocycles. The number of carbonyl (C=O) groups excluding carboxylic acids is 1. The van der Waals surface area contributed by atoms with Crippen LogP contribution in [0.2, 0.25) is 0 Å². The van der Waals surface area contributed by atoms with Crippen LogP contribution in [0.25, 0.3) is 6.08 Å². The minimum absolute atomic E-state index is 0.0674. The quantitative estimate of drug-likeness (QED) is 0.687. The zero-order valence-electron chi connectivity index (χ0n) is 10.1. The number of aliphatic hydroxyl groups is 1. The van der Waals surface area contributed by atoms with Crippen molar-refractivity contribution in [2.45, 2.75) is 12.8 Å². The van der Waals surface area contributed by atoms with E-state index < -0.39 is 0 Å². The highest BCUT2D eigenvalue weighted by Gasteiger charge is 2.41. The van der Waals surface area contributed by atoms with Crippen LogP contribution in [0.4, 0.5) is 0 Å². The summed E-state index contributed by atoms with van der Waals surface area (Å²) in [5.41, 5.74) is 0.786. The van der Waals surface area contributed by atoms with E-state index in [1.54, 1.807) is 30.3 Å². The van der Waals surface area contributed by atoms with Crippen LogP contribution in [0.5, 0.6) is 5.75 Å². The predicted molar refractivity (Wildman–Crippen MR) is 68.9 cm³/mol. The predicted octanol–water partition coefficient (Wildman–Crippen LogP) is 1.29. The first-order valence-corrected chi connectivity index (χ1v) is 5.99. The number of aromatic hydroxyl groups is 1. The maximum Gasteiger partial charge on any atom is 0.244 e. The molecule has 1 saturated carbocycles. The van der Waals surface area contributed by atoms with Crippen molar-refractivity contribution in [3.63, 3.8) is 0 Å². The van der Waals surface area contributed by atoms with Gasteiger partial charge in [-0.3, -0.25) is 4.79 Å². The van der Waals surface area contributed by atoms with E-state index in [9.17, 15) is 4.79 Å². The maximum absolute atomic E-state index is 11.5. The van der Waals surface area contributed by atoms with Gasteiger partial charge in [-0.15, -0.1) is 0 Å². The molecule has 18 heavy (non-hydrogen) atoms. The molecule has 1 aliphatic carbocycles. The molecule has 3 N–H and O–H groups in total. The number of phenols is 1. The van der Waals surface area contributed by atoms with E-state index >= 15 is 0 Å². The van der Waals surface area contributed by atoms with Gasteiger partial charge in [0, 0.05) is 18.0 Å². The molecule has 4 heteroatoms. The molecule has 0 atom stereocenters. The Balaban J connectivity index is 1.81. The summed E-state index contributed by atoms with van der Waals surface area (Å²) >= 11 is 0. The molecule has 4 nitrogen and oxygen atoms in total. The van der Waals surface area contributed by atoms with Crippen molar-refractivity contribution < 1.29 is 15.0 Å². The van der Waals surface area contributed by atoms with Crippen LogP contribution in [0.1, 0.15) is 18.4 Å². The highest BCUT2D eigenvalue weighted by atomic mass is 16.3. The van der Waals surface area contributed by atoms with Crippen LogP contribution in [0, 0.1) is 5.41 Å². The molecule has 1 aliphatic rings. The molecule has 1 amide bonds. The summed E-state index contributed by atoms with van der Waals surface area (Å²) in [4.78, 5) is 11.5. The number of hydrogen-bond donors (Lipinski definition) is 3. The summed E-state index contributed by atoms with van der Waals surface area (Å²) in [5.74, 6) is 0.0398. The number of aliphatic hydroxyl groups excluding tert-OH is 1. The molecule has 2 rings (SSSR count). The smallest absolute Gasteiger partial charge is 0.244 e. The number of benzene rings is 1. The number of phenolic OH excluding ortho intramolecular Hbond substituents is 1. The second kappa shape index (κ2) is 5.23. The van der Waals surface area contributed by atoms with Crippen LogP contribution in [0.15, 0.2) is 30.3 Å². The average molecular weight is 247 g/mol. The van der Waals surface area contributed by atoms with Crippen molar-refractivity contribution in [1.82, 2.24) is 5.32 Å². The Kier molecular flexibility index (Phi) is 3.67. The van der Waals surface area contributed by atoms with Crippen LogP contribution in [-0.4, -0.2) is 29.3 Å². The fourth-order valence-corrected chi connectivity index (χ4v) is 1.66. The topological polar surface area (TPSA) is 69.6 Å². The second-order valence-electron chi connectivity index (χ2n) is 4.80. The van der Waals surface area contributed by atoms with Crippen LogP contribution in [-0.2, 0) is 4.79 Å². The van der Waals surface area contributed by atoms with Gasteiger partial charge < -0.3 is 15.5 Å². The van der Waals surface area contributed by atoms with Gasteiger partial charge in [-0.25, -0.2) is 0 Å². The number of nitrogens with one attached hydrogen (secondary N) is 1. The molecular formula is C14H17NO3. The Morgan fingerprint density at radius 3 is 2.56 bits per heavy atom. The van der Waals surface area contributed by atoms with Crippen molar-refractivity contribution >= 4 is 12.0 Å². The molecule has 1 fully saturated rings. The first kappa shape index (κ1) is 12.6. The lowest BCUT2D eigenvalue weighted by Crippen LogP contribution is -2.30. The van der Waals surface area contributed by atoms with E-state index in [1.165, 1.54) is 6.08 Å². The second-order valence-corrected chi connectivity index (χ2v) is 4.80. The van der Waals surface area contributed by atoms with E-state index in [4.69, 9.17) is 10.2 Å². The Labute approximate surface area is 106 Å². The maximum atomic E-state index is 11.5. The zero-order chi connectivity index (χ0) is 13.0.